The first-order chi connectivity index (χ1) is 21.7. The third kappa shape index (κ3) is 9.38. The molecule has 47 heavy (non-hydrogen) atoms. The van der Waals surface area contributed by atoms with Gasteiger partial charge in [-0.2, -0.15) is 23.1 Å². The predicted molar refractivity (Wildman–Crippen MR) is 174 cm³/mol. The molecule has 2 aromatic carbocycles. The molecule has 1 aromatic heterocycles. The standard InChI is InChI=1S/C32H38F3N5O5.2ClH/c1-42-20-27(41)39-14-15-40-24(17-39)16-38(18-25-29(43-2)36-31(44-3)37-30(25)45-21-32(33,34)35)19-26(40)28(22-10-6-4-7-11-22)23-12-8-5-9-13-23;;/h4-13,24,26,28H,14-21H2,1-3H3;2*1H. The normalized spacial score (nSPS) is 18.5. The average molecular weight is 703 g/mol. The van der Waals surface area contributed by atoms with E-state index >= 15 is 0 Å². The molecule has 0 radical (unpaired) electrons. The topological polar surface area (TPSA) is 89.5 Å². The molecule has 5 rings (SSSR count). The molecular formula is C32H40Cl2F3N5O5. The highest BCUT2D eigenvalue weighted by atomic mass is 35.5. The van der Waals surface area contributed by atoms with E-state index < -0.39 is 12.8 Å². The number of methoxy groups -OCH3 is 3. The Hall–Kier alpha value is -3.36. The van der Waals surface area contributed by atoms with Gasteiger partial charge in [0.25, 0.3) is 0 Å². The number of hydrogen-bond donors (Lipinski definition) is 0. The van der Waals surface area contributed by atoms with Gasteiger partial charge in [-0.05, 0) is 11.1 Å². The second-order valence-electron chi connectivity index (χ2n) is 11.1. The zero-order chi connectivity index (χ0) is 32.0. The SMILES string of the molecule is COCC(=O)N1CCN2C(CN(Cc3c(OC)nc(OC)nc3OCC(F)(F)F)CC2C(c2ccccc2)c2ccccc2)C1.Cl.Cl. The second-order valence-corrected chi connectivity index (χ2v) is 11.1. The van der Waals surface area contributed by atoms with Crippen LogP contribution in [-0.2, 0) is 16.1 Å². The number of benzene rings is 2. The van der Waals surface area contributed by atoms with Crippen molar-refractivity contribution in [1.29, 1.82) is 0 Å². The van der Waals surface area contributed by atoms with Gasteiger partial charge in [-0.1, -0.05) is 60.7 Å². The molecule has 2 aliphatic rings. The largest absolute Gasteiger partial charge is 0.481 e. The van der Waals surface area contributed by atoms with Crippen molar-refractivity contribution in [3.63, 3.8) is 0 Å². The van der Waals surface area contributed by atoms with Gasteiger partial charge in [-0.25, -0.2) is 0 Å². The lowest BCUT2D eigenvalue weighted by atomic mass is 9.81. The summed E-state index contributed by atoms with van der Waals surface area (Å²) in [5.41, 5.74) is 2.58. The van der Waals surface area contributed by atoms with Crippen LogP contribution in [0.15, 0.2) is 60.7 Å². The Bertz CT molecular complexity index is 1390. The summed E-state index contributed by atoms with van der Waals surface area (Å²) >= 11 is 0. The van der Waals surface area contributed by atoms with Crippen molar-refractivity contribution in [1.82, 2.24) is 24.7 Å². The van der Waals surface area contributed by atoms with Crippen LogP contribution in [0.25, 0.3) is 0 Å². The van der Waals surface area contributed by atoms with Crippen LogP contribution in [0.4, 0.5) is 13.2 Å². The van der Waals surface area contributed by atoms with Crippen LogP contribution >= 0.6 is 24.8 Å². The molecule has 0 bridgehead atoms. The molecule has 0 aliphatic carbocycles. The number of piperazine rings is 2. The summed E-state index contributed by atoms with van der Waals surface area (Å²) in [6, 6.07) is 20.3. The molecule has 2 fully saturated rings. The highest BCUT2D eigenvalue weighted by Gasteiger charge is 2.43. The average Bonchev–Trinajstić information content (AvgIpc) is 3.04. The van der Waals surface area contributed by atoms with E-state index in [4.69, 9.17) is 18.9 Å². The number of carbonyl (C=O) groups excluding carboxylic acids is 1. The number of halogens is 5. The highest BCUT2D eigenvalue weighted by molar-refractivity contribution is 5.85. The Morgan fingerprint density at radius 2 is 1.49 bits per heavy atom. The number of rotatable bonds is 11. The van der Waals surface area contributed by atoms with Crippen LogP contribution in [0.2, 0.25) is 0 Å². The molecule has 2 aliphatic heterocycles. The minimum absolute atomic E-state index is 0. The Kier molecular flexibility index (Phi) is 13.9. The molecule has 1 amide bonds. The third-order valence-electron chi connectivity index (χ3n) is 8.23. The monoisotopic (exact) mass is 701 g/mol. The van der Waals surface area contributed by atoms with Crippen molar-refractivity contribution in [2.45, 2.75) is 30.7 Å². The van der Waals surface area contributed by atoms with E-state index in [1.54, 1.807) is 0 Å². The Morgan fingerprint density at radius 1 is 0.872 bits per heavy atom. The van der Waals surface area contributed by atoms with Gasteiger partial charge in [-0.3, -0.25) is 14.6 Å². The van der Waals surface area contributed by atoms with Crippen molar-refractivity contribution < 1.29 is 36.9 Å². The van der Waals surface area contributed by atoms with E-state index in [1.807, 2.05) is 41.3 Å². The lowest BCUT2D eigenvalue weighted by Crippen LogP contribution is -2.67. The van der Waals surface area contributed by atoms with Crippen LogP contribution in [-0.4, -0.2) is 116 Å². The molecule has 3 aromatic rings. The van der Waals surface area contributed by atoms with E-state index in [2.05, 4.69) is 44.0 Å². The second kappa shape index (κ2) is 17.2. The summed E-state index contributed by atoms with van der Waals surface area (Å²) in [4.78, 5) is 27.7. The summed E-state index contributed by atoms with van der Waals surface area (Å²) in [6.45, 7) is 1.47. The first kappa shape index (κ1) is 38.1. The zero-order valence-electron chi connectivity index (χ0n) is 26.4. The summed E-state index contributed by atoms with van der Waals surface area (Å²) in [6.07, 6.45) is -4.57. The number of aromatic nitrogens is 2. The maximum atomic E-state index is 13.2. The van der Waals surface area contributed by atoms with Crippen LogP contribution in [0.1, 0.15) is 22.6 Å². The van der Waals surface area contributed by atoms with Crippen molar-refractivity contribution in [3.8, 4) is 17.8 Å². The van der Waals surface area contributed by atoms with E-state index in [9.17, 15) is 18.0 Å². The van der Waals surface area contributed by atoms with Crippen LogP contribution in [0.5, 0.6) is 17.8 Å². The number of carbonyl (C=O) groups is 1. The predicted octanol–water partition coefficient (Wildman–Crippen LogP) is 4.45. The van der Waals surface area contributed by atoms with Crippen molar-refractivity contribution in [2.75, 3.05) is 67.3 Å². The quantitative estimate of drug-likeness (QED) is 0.288. The zero-order valence-corrected chi connectivity index (χ0v) is 28.0. The van der Waals surface area contributed by atoms with Crippen molar-refractivity contribution >= 4 is 30.7 Å². The van der Waals surface area contributed by atoms with Gasteiger partial charge in [0, 0.05) is 64.4 Å². The van der Waals surface area contributed by atoms with Gasteiger partial charge in [0.1, 0.15) is 6.61 Å². The molecule has 258 valence electrons. The third-order valence-corrected chi connectivity index (χ3v) is 8.23. The molecule has 3 heterocycles. The minimum Gasteiger partial charge on any atom is -0.481 e. The number of nitrogens with zero attached hydrogens (tertiary/aromatic N) is 5. The molecule has 2 saturated heterocycles. The van der Waals surface area contributed by atoms with E-state index in [-0.39, 0.29) is 85.2 Å². The minimum atomic E-state index is -4.57. The van der Waals surface area contributed by atoms with Crippen molar-refractivity contribution in [2.24, 2.45) is 0 Å². The van der Waals surface area contributed by atoms with Crippen molar-refractivity contribution in [3.05, 3.63) is 77.4 Å². The maximum Gasteiger partial charge on any atom is 0.422 e. The van der Waals surface area contributed by atoms with Crippen LogP contribution in [0.3, 0.4) is 0 Å². The number of fused-ring (bicyclic) bond motifs is 1. The maximum absolute atomic E-state index is 13.2. The lowest BCUT2D eigenvalue weighted by Gasteiger charge is -2.53. The Balaban J connectivity index is 0.00000300. The number of hydrogen-bond acceptors (Lipinski definition) is 9. The summed E-state index contributed by atoms with van der Waals surface area (Å²) in [5.74, 6) is -0.283. The Labute approximate surface area is 285 Å². The van der Waals surface area contributed by atoms with Gasteiger partial charge >= 0.3 is 12.2 Å². The van der Waals surface area contributed by atoms with E-state index in [0.29, 0.717) is 32.7 Å². The number of ether oxygens (including phenoxy) is 4. The highest BCUT2D eigenvalue weighted by Crippen LogP contribution is 2.37. The van der Waals surface area contributed by atoms with Gasteiger partial charge in [0.15, 0.2) is 6.61 Å². The van der Waals surface area contributed by atoms with Crippen LogP contribution < -0.4 is 14.2 Å². The summed E-state index contributed by atoms with van der Waals surface area (Å²) in [7, 11) is 4.21. The van der Waals surface area contributed by atoms with E-state index in [0.717, 1.165) is 11.1 Å². The molecule has 0 N–H and O–H groups in total. The summed E-state index contributed by atoms with van der Waals surface area (Å²) in [5, 5.41) is 0. The Morgan fingerprint density at radius 3 is 2.04 bits per heavy atom. The summed E-state index contributed by atoms with van der Waals surface area (Å²) < 4.78 is 60.6. The van der Waals surface area contributed by atoms with Gasteiger partial charge < -0.3 is 23.8 Å². The first-order valence-electron chi connectivity index (χ1n) is 14.7. The molecule has 15 heteroatoms. The molecule has 0 saturated carbocycles. The number of alkyl halides is 3. The number of amides is 1. The molecule has 2 unspecified atom stereocenters. The molecule has 2 atom stereocenters. The van der Waals surface area contributed by atoms with Gasteiger partial charge in [0.2, 0.25) is 17.7 Å². The fourth-order valence-corrected chi connectivity index (χ4v) is 6.35. The van der Waals surface area contributed by atoms with E-state index in [1.165, 1.54) is 21.3 Å². The van der Waals surface area contributed by atoms with Gasteiger partial charge in [0.05, 0.1) is 19.8 Å². The smallest absolute Gasteiger partial charge is 0.422 e. The fourth-order valence-electron chi connectivity index (χ4n) is 6.35. The lowest BCUT2D eigenvalue weighted by molar-refractivity contribution is -0.154. The van der Waals surface area contributed by atoms with Crippen LogP contribution in [0, 0.1) is 0 Å². The first-order valence-corrected chi connectivity index (χ1v) is 14.7. The fraction of sp³-hybridized carbons (Fsp3) is 0.469. The molecule has 0 spiro atoms. The molecule has 10 nitrogen and oxygen atoms in total. The van der Waals surface area contributed by atoms with Gasteiger partial charge in [-0.15, -0.1) is 24.8 Å². The molecular weight excluding hydrogens is 662 g/mol.